The summed E-state index contributed by atoms with van der Waals surface area (Å²) in [5, 5.41) is 3.43. The molecule has 0 saturated carbocycles. The lowest BCUT2D eigenvalue weighted by Crippen LogP contribution is -2.07. The van der Waals surface area contributed by atoms with Gasteiger partial charge in [0.05, 0.1) is 18.1 Å². The van der Waals surface area contributed by atoms with Gasteiger partial charge in [0.2, 0.25) is 0 Å². The number of hydrogen-bond donors (Lipinski definition) is 1. The maximum Gasteiger partial charge on any atom is 0.135 e. The molecule has 0 radical (unpaired) electrons. The van der Waals surface area contributed by atoms with E-state index in [1.807, 2.05) is 18.2 Å². The van der Waals surface area contributed by atoms with E-state index in [9.17, 15) is 0 Å². The molecule has 0 spiro atoms. The molecule has 1 N–H and O–H groups in total. The van der Waals surface area contributed by atoms with Crippen molar-refractivity contribution in [1.82, 2.24) is 4.57 Å². The van der Waals surface area contributed by atoms with Gasteiger partial charge in [0.1, 0.15) is 5.75 Å². The summed E-state index contributed by atoms with van der Waals surface area (Å²) >= 11 is 3.46. The highest BCUT2D eigenvalue weighted by Crippen LogP contribution is 2.28. The number of hydrogen-bond acceptors (Lipinski definition) is 2. The second-order valence-corrected chi connectivity index (χ2v) is 5.25. The number of aryl methyl sites for hydroxylation is 1. The van der Waals surface area contributed by atoms with Crippen molar-refractivity contribution < 1.29 is 4.74 Å². The predicted molar refractivity (Wildman–Crippen MR) is 82.7 cm³/mol. The molecular formula is C15H19BrN2O. The fraction of sp³-hybridized carbons (Fsp3) is 0.333. The molecular weight excluding hydrogens is 304 g/mol. The van der Waals surface area contributed by atoms with Gasteiger partial charge in [-0.1, -0.05) is 6.92 Å². The number of nitrogens with one attached hydrogen (secondary N) is 1. The average molecular weight is 323 g/mol. The normalized spacial score (nSPS) is 10.5. The molecule has 0 aliphatic heterocycles. The molecule has 3 nitrogen and oxygen atoms in total. The molecule has 0 atom stereocenters. The van der Waals surface area contributed by atoms with Crippen LogP contribution >= 0.6 is 15.9 Å². The maximum atomic E-state index is 5.29. The molecule has 0 unspecified atom stereocenters. The van der Waals surface area contributed by atoms with Crippen molar-refractivity contribution in [2.75, 3.05) is 12.4 Å². The topological polar surface area (TPSA) is 26.2 Å². The van der Waals surface area contributed by atoms with Crippen LogP contribution in [0.2, 0.25) is 0 Å². The van der Waals surface area contributed by atoms with E-state index in [1.54, 1.807) is 7.11 Å². The van der Waals surface area contributed by atoms with Gasteiger partial charge in [-0.3, -0.25) is 0 Å². The van der Waals surface area contributed by atoms with Crippen LogP contribution in [0.4, 0.5) is 5.69 Å². The zero-order chi connectivity index (χ0) is 13.7. The first-order valence-corrected chi connectivity index (χ1v) is 7.25. The van der Waals surface area contributed by atoms with Gasteiger partial charge in [-0.15, -0.1) is 0 Å². The summed E-state index contributed by atoms with van der Waals surface area (Å²) in [6.45, 7) is 4.07. The molecule has 1 aromatic heterocycles. The SMILES string of the molecule is CCCn1cccc1CNc1ccc(Br)c(OC)c1. The average Bonchev–Trinajstić information content (AvgIpc) is 2.86. The summed E-state index contributed by atoms with van der Waals surface area (Å²) in [6, 6.07) is 10.3. The third-order valence-corrected chi connectivity index (χ3v) is 3.67. The fourth-order valence-corrected chi connectivity index (χ4v) is 2.44. The first-order valence-electron chi connectivity index (χ1n) is 6.46. The van der Waals surface area contributed by atoms with Crippen LogP contribution in [0.3, 0.4) is 0 Å². The lowest BCUT2D eigenvalue weighted by Gasteiger charge is -2.11. The Morgan fingerprint density at radius 3 is 2.89 bits per heavy atom. The van der Waals surface area contributed by atoms with Gasteiger partial charge in [0.15, 0.2) is 0 Å². The van der Waals surface area contributed by atoms with Crippen molar-refractivity contribution >= 4 is 21.6 Å². The van der Waals surface area contributed by atoms with E-state index in [1.165, 1.54) is 5.69 Å². The summed E-state index contributed by atoms with van der Waals surface area (Å²) in [4.78, 5) is 0. The number of aromatic nitrogens is 1. The van der Waals surface area contributed by atoms with E-state index in [0.717, 1.165) is 35.4 Å². The standard InChI is InChI=1S/C15H19BrN2O/c1-3-8-18-9-4-5-13(18)11-17-12-6-7-14(16)15(10-12)19-2/h4-7,9-10,17H,3,8,11H2,1-2H3. The minimum Gasteiger partial charge on any atom is -0.495 e. The molecule has 0 bridgehead atoms. The number of benzene rings is 1. The Morgan fingerprint density at radius 1 is 1.32 bits per heavy atom. The van der Waals surface area contributed by atoms with Gasteiger partial charge in [-0.05, 0) is 46.6 Å². The highest BCUT2D eigenvalue weighted by atomic mass is 79.9. The van der Waals surface area contributed by atoms with Crippen molar-refractivity contribution in [3.05, 3.63) is 46.7 Å². The lowest BCUT2D eigenvalue weighted by molar-refractivity contribution is 0.412. The Morgan fingerprint density at radius 2 is 2.16 bits per heavy atom. The second-order valence-electron chi connectivity index (χ2n) is 4.40. The predicted octanol–water partition coefficient (Wildman–Crippen LogP) is 4.28. The molecule has 102 valence electrons. The van der Waals surface area contributed by atoms with Crippen molar-refractivity contribution in [3.8, 4) is 5.75 Å². The van der Waals surface area contributed by atoms with E-state index in [4.69, 9.17) is 4.74 Å². The molecule has 1 heterocycles. The van der Waals surface area contributed by atoms with E-state index in [-0.39, 0.29) is 0 Å². The summed E-state index contributed by atoms with van der Waals surface area (Å²) < 4.78 is 8.54. The van der Waals surface area contributed by atoms with Crippen LogP contribution in [-0.2, 0) is 13.1 Å². The van der Waals surface area contributed by atoms with Crippen molar-refractivity contribution in [1.29, 1.82) is 0 Å². The molecule has 0 fully saturated rings. The quantitative estimate of drug-likeness (QED) is 0.859. The largest absolute Gasteiger partial charge is 0.495 e. The van der Waals surface area contributed by atoms with Crippen LogP contribution in [-0.4, -0.2) is 11.7 Å². The van der Waals surface area contributed by atoms with E-state index < -0.39 is 0 Å². The highest BCUT2D eigenvalue weighted by molar-refractivity contribution is 9.10. The van der Waals surface area contributed by atoms with E-state index in [2.05, 4.69) is 51.1 Å². The molecule has 0 aliphatic rings. The minimum atomic E-state index is 0.817. The van der Waals surface area contributed by atoms with Crippen LogP contribution in [0.15, 0.2) is 41.0 Å². The summed E-state index contributed by atoms with van der Waals surface area (Å²) in [5.41, 5.74) is 2.35. The van der Waals surface area contributed by atoms with Crippen LogP contribution in [0, 0.1) is 0 Å². The molecule has 1 aromatic carbocycles. The number of halogens is 1. The van der Waals surface area contributed by atoms with Crippen molar-refractivity contribution in [3.63, 3.8) is 0 Å². The molecule has 19 heavy (non-hydrogen) atoms. The number of methoxy groups -OCH3 is 1. The van der Waals surface area contributed by atoms with E-state index >= 15 is 0 Å². The number of anilines is 1. The third kappa shape index (κ3) is 3.53. The Hall–Kier alpha value is -1.42. The molecule has 4 heteroatoms. The fourth-order valence-electron chi connectivity index (χ4n) is 2.03. The smallest absolute Gasteiger partial charge is 0.135 e. The Labute approximate surface area is 122 Å². The molecule has 0 saturated heterocycles. The maximum absolute atomic E-state index is 5.29. The number of ether oxygens (including phenoxy) is 1. The molecule has 2 rings (SSSR count). The summed E-state index contributed by atoms with van der Waals surface area (Å²) in [5.74, 6) is 0.842. The van der Waals surface area contributed by atoms with Crippen LogP contribution < -0.4 is 10.1 Å². The zero-order valence-electron chi connectivity index (χ0n) is 11.3. The lowest BCUT2D eigenvalue weighted by atomic mass is 10.3. The highest BCUT2D eigenvalue weighted by Gasteiger charge is 2.03. The number of rotatable bonds is 6. The monoisotopic (exact) mass is 322 g/mol. The van der Waals surface area contributed by atoms with Gasteiger partial charge in [0, 0.05) is 30.2 Å². The zero-order valence-corrected chi connectivity index (χ0v) is 12.9. The minimum absolute atomic E-state index is 0.817. The molecule has 0 aliphatic carbocycles. The Kier molecular flexibility index (Phi) is 4.91. The molecule has 0 amide bonds. The molecule has 2 aromatic rings. The first-order chi connectivity index (χ1) is 9.24. The van der Waals surface area contributed by atoms with Crippen LogP contribution in [0.1, 0.15) is 19.0 Å². The first kappa shape index (κ1) is 14.0. The van der Waals surface area contributed by atoms with E-state index in [0.29, 0.717) is 0 Å². The summed E-state index contributed by atoms with van der Waals surface area (Å²) in [7, 11) is 1.68. The van der Waals surface area contributed by atoms with Gasteiger partial charge in [-0.25, -0.2) is 0 Å². The van der Waals surface area contributed by atoms with Crippen molar-refractivity contribution in [2.45, 2.75) is 26.4 Å². The van der Waals surface area contributed by atoms with Gasteiger partial charge in [0.25, 0.3) is 0 Å². The van der Waals surface area contributed by atoms with Gasteiger partial charge >= 0.3 is 0 Å². The Bertz CT molecular complexity index is 537. The van der Waals surface area contributed by atoms with Crippen LogP contribution in [0.5, 0.6) is 5.75 Å². The van der Waals surface area contributed by atoms with Gasteiger partial charge < -0.3 is 14.6 Å². The van der Waals surface area contributed by atoms with Gasteiger partial charge in [-0.2, -0.15) is 0 Å². The van der Waals surface area contributed by atoms with Crippen molar-refractivity contribution in [2.24, 2.45) is 0 Å². The van der Waals surface area contributed by atoms with Crippen LogP contribution in [0.25, 0.3) is 0 Å². The number of nitrogens with zero attached hydrogens (tertiary/aromatic N) is 1. The Balaban J connectivity index is 2.04. The summed E-state index contributed by atoms with van der Waals surface area (Å²) in [6.07, 6.45) is 3.27. The second kappa shape index (κ2) is 6.66. The third-order valence-electron chi connectivity index (χ3n) is 3.01.